The van der Waals surface area contributed by atoms with Gasteiger partial charge in [0.1, 0.15) is 0 Å². The highest BCUT2D eigenvalue weighted by Gasteiger charge is 2.20. The molecule has 0 unspecified atom stereocenters. The molecule has 0 radical (unpaired) electrons. The zero-order valence-electron chi connectivity index (χ0n) is 24.4. The number of fused-ring (bicyclic) bond motifs is 1. The van der Waals surface area contributed by atoms with E-state index in [4.69, 9.17) is 0 Å². The van der Waals surface area contributed by atoms with Crippen LogP contribution in [0.1, 0.15) is 40.7 Å². The third kappa shape index (κ3) is 5.80. The summed E-state index contributed by atoms with van der Waals surface area (Å²) in [5.41, 5.74) is 13.9. The first-order valence-corrected chi connectivity index (χ1v) is 15.3. The van der Waals surface area contributed by atoms with Crippen molar-refractivity contribution in [3.05, 3.63) is 186 Å². The average Bonchev–Trinajstić information content (AvgIpc) is 3.09. The van der Waals surface area contributed by atoms with E-state index in [0.29, 0.717) is 0 Å². The van der Waals surface area contributed by atoms with E-state index >= 15 is 0 Å². The van der Waals surface area contributed by atoms with Gasteiger partial charge in [0.25, 0.3) is 0 Å². The van der Waals surface area contributed by atoms with Crippen molar-refractivity contribution in [1.82, 2.24) is 0 Å². The highest BCUT2D eigenvalue weighted by atomic mass is 15.1. The molecule has 0 saturated carbocycles. The number of aryl methyl sites for hydroxylation is 1. The number of rotatable bonds is 7. The first-order valence-electron chi connectivity index (χ1n) is 15.3. The van der Waals surface area contributed by atoms with E-state index < -0.39 is 0 Å². The van der Waals surface area contributed by atoms with Crippen molar-refractivity contribution in [2.75, 3.05) is 4.90 Å². The maximum absolute atomic E-state index is 2.43. The number of nitrogens with zero attached hydrogens (tertiary/aromatic N) is 1. The molecule has 6 aromatic rings. The molecule has 0 amide bonds. The van der Waals surface area contributed by atoms with Gasteiger partial charge in [0, 0.05) is 17.1 Å². The largest absolute Gasteiger partial charge is 0.310 e. The SMILES string of the molecule is C(=C(c1ccccc1)c1ccc(-c2ccccc2)cc1)c1ccc(N(c2ccccc2)c2cccc3c2CCCC3)cc1. The lowest BCUT2D eigenvalue weighted by molar-refractivity contribution is 0.686. The Morgan fingerprint density at radius 1 is 0.465 bits per heavy atom. The van der Waals surface area contributed by atoms with Crippen LogP contribution in [0.2, 0.25) is 0 Å². The fourth-order valence-electron chi connectivity index (χ4n) is 6.29. The maximum atomic E-state index is 2.43. The molecule has 1 aliphatic rings. The van der Waals surface area contributed by atoms with Crippen LogP contribution in [0.5, 0.6) is 0 Å². The average molecular weight is 554 g/mol. The lowest BCUT2D eigenvalue weighted by Gasteiger charge is -2.30. The van der Waals surface area contributed by atoms with Gasteiger partial charge < -0.3 is 4.90 Å². The summed E-state index contributed by atoms with van der Waals surface area (Å²) >= 11 is 0. The quantitative estimate of drug-likeness (QED) is 0.178. The fraction of sp³-hybridized carbons (Fsp3) is 0.0952. The third-order valence-corrected chi connectivity index (χ3v) is 8.48. The van der Waals surface area contributed by atoms with Gasteiger partial charge in [-0.3, -0.25) is 0 Å². The van der Waals surface area contributed by atoms with Crippen molar-refractivity contribution in [1.29, 1.82) is 0 Å². The Morgan fingerprint density at radius 3 is 1.77 bits per heavy atom. The predicted octanol–water partition coefficient (Wildman–Crippen LogP) is 11.3. The summed E-state index contributed by atoms with van der Waals surface area (Å²) in [5.74, 6) is 0. The molecule has 0 N–H and O–H groups in total. The zero-order valence-corrected chi connectivity index (χ0v) is 24.4. The van der Waals surface area contributed by atoms with Crippen LogP contribution in [-0.4, -0.2) is 0 Å². The van der Waals surface area contributed by atoms with Crippen LogP contribution >= 0.6 is 0 Å². The molecule has 0 bridgehead atoms. The summed E-state index contributed by atoms with van der Waals surface area (Å²) in [6.07, 6.45) is 7.16. The predicted molar refractivity (Wildman–Crippen MR) is 183 cm³/mol. The van der Waals surface area contributed by atoms with Gasteiger partial charge in [-0.2, -0.15) is 0 Å². The monoisotopic (exact) mass is 553 g/mol. The van der Waals surface area contributed by atoms with Gasteiger partial charge in [-0.05, 0) is 107 Å². The number of anilines is 3. The number of hydrogen-bond acceptors (Lipinski definition) is 1. The van der Waals surface area contributed by atoms with Crippen LogP contribution in [0.3, 0.4) is 0 Å². The van der Waals surface area contributed by atoms with Gasteiger partial charge >= 0.3 is 0 Å². The Bertz CT molecular complexity index is 1820. The molecule has 1 aliphatic carbocycles. The molecule has 0 heterocycles. The number of para-hydroxylation sites is 1. The molecule has 1 nitrogen and oxygen atoms in total. The van der Waals surface area contributed by atoms with E-state index in [2.05, 4.69) is 169 Å². The summed E-state index contributed by atoms with van der Waals surface area (Å²) in [6.45, 7) is 0. The molecule has 0 aromatic heterocycles. The van der Waals surface area contributed by atoms with Gasteiger partial charge in [0.2, 0.25) is 0 Å². The lowest BCUT2D eigenvalue weighted by atomic mass is 9.89. The van der Waals surface area contributed by atoms with Crippen LogP contribution in [0.25, 0.3) is 22.8 Å². The fourth-order valence-corrected chi connectivity index (χ4v) is 6.29. The molecular formula is C42H35N. The summed E-state index contributed by atoms with van der Waals surface area (Å²) < 4.78 is 0. The van der Waals surface area contributed by atoms with Gasteiger partial charge in [0.15, 0.2) is 0 Å². The molecule has 43 heavy (non-hydrogen) atoms. The van der Waals surface area contributed by atoms with Crippen molar-refractivity contribution in [2.45, 2.75) is 25.7 Å². The summed E-state index contributed by atoms with van der Waals surface area (Å²) in [7, 11) is 0. The zero-order chi connectivity index (χ0) is 28.8. The second-order valence-electron chi connectivity index (χ2n) is 11.3. The first kappa shape index (κ1) is 26.7. The van der Waals surface area contributed by atoms with Crippen LogP contribution < -0.4 is 4.90 Å². The molecule has 1 heteroatoms. The normalized spacial score (nSPS) is 12.9. The van der Waals surface area contributed by atoms with E-state index in [9.17, 15) is 0 Å². The van der Waals surface area contributed by atoms with Crippen LogP contribution in [0.4, 0.5) is 17.1 Å². The highest BCUT2D eigenvalue weighted by molar-refractivity contribution is 5.92. The first-order chi connectivity index (χ1) is 21.3. The standard InChI is InChI=1S/C42H35N/c1-4-13-33(14-5-1)34-25-27-37(28-26-34)41(36-15-6-2-7-16-36)31-32-23-29-39(30-24-32)43(38-19-8-3-9-20-38)42-22-12-18-35-17-10-11-21-40(35)42/h1-9,12-16,18-20,22-31H,10-11,17,21H2. The van der Waals surface area contributed by atoms with Crippen LogP contribution in [-0.2, 0) is 12.8 Å². The maximum Gasteiger partial charge on any atom is 0.0496 e. The van der Waals surface area contributed by atoms with E-state index in [1.54, 1.807) is 0 Å². The third-order valence-electron chi connectivity index (χ3n) is 8.48. The minimum Gasteiger partial charge on any atom is -0.310 e. The van der Waals surface area contributed by atoms with E-state index in [-0.39, 0.29) is 0 Å². The van der Waals surface area contributed by atoms with Gasteiger partial charge in [-0.25, -0.2) is 0 Å². The Kier molecular flexibility index (Phi) is 7.70. The Labute approximate surface area is 255 Å². The minimum absolute atomic E-state index is 1.14. The van der Waals surface area contributed by atoms with E-state index in [1.807, 2.05) is 0 Å². The summed E-state index contributed by atoms with van der Waals surface area (Å²) in [4.78, 5) is 2.43. The van der Waals surface area contributed by atoms with Crippen molar-refractivity contribution in [2.24, 2.45) is 0 Å². The topological polar surface area (TPSA) is 3.24 Å². The summed E-state index contributed by atoms with van der Waals surface area (Å²) in [5, 5.41) is 0. The van der Waals surface area contributed by atoms with Gasteiger partial charge in [-0.15, -0.1) is 0 Å². The smallest absolute Gasteiger partial charge is 0.0496 e. The van der Waals surface area contributed by atoms with Crippen molar-refractivity contribution < 1.29 is 0 Å². The lowest BCUT2D eigenvalue weighted by Crippen LogP contribution is -2.15. The Balaban J connectivity index is 1.27. The second kappa shape index (κ2) is 12.4. The summed E-state index contributed by atoms with van der Waals surface area (Å²) in [6, 6.07) is 56.8. The molecule has 6 aromatic carbocycles. The van der Waals surface area contributed by atoms with Crippen LogP contribution in [0.15, 0.2) is 158 Å². The van der Waals surface area contributed by atoms with Crippen molar-refractivity contribution in [3.8, 4) is 11.1 Å². The minimum atomic E-state index is 1.14. The van der Waals surface area contributed by atoms with Crippen molar-refractivity contribution >= 4 is 28.7 Å². The Hall–Kier alpha value is -5.14. The number of hydrogen-bond donors (Lipinski definition) is 0. The molecule has 0 spiro atoms. The Morgan fingerprint density at radius 2 is 1.05 bits per heavy atom. The van der Waals surface area contributed by atoms with E-state index in [0.717, 1.165) is 6.42 Å². The number of benzene rings is 6. The molecular weight excluding hydrogens is 518 g/mol. The second-order valence-corrected chi connectivity index (χ2v) is 11.3. The van der Waals surface area contributed by atoms with Crippen LogP contribution in [0, 0.1) is 0 Å². The van der Waals surface area contributed by atoms with Crippen molar-refractivity contribution in [3.63, 3.8) is 0 Å². The molecule has 0 saturated heterocycles. The van der Waals surface area contributed by atoms with Gasteiger partial charge in [-0.1, -0.05) is 127 Å². The molecule has 0 fully saturated rings. The molecule has 7 rings (SSSR count). The van der Waals surface area contributed by atoms with Gasteiger partial charge in [0.05, 0.1) is 0 Å². The van der Waals surface area contributed by atoms with E-state index in [1.165, 1.54) is 80.8 Å². The highest BCUT2D eigenvalue weighted by Crippen LogP contribution is 2.40. The molecule has 0 atom stereocenters. The molecule has 208 valence electrons. The molecule has 0 aliphatic heterocycles.